The van der Waals surface area contributed by atoms with Crippen molar-refractivity contribution in [3.63, 3.8) is 0 Å². The molecule has 1 aromatic heterocycles. The molecule has 0 bridgehead atoms. The zero-order valence-electron chi connectivity index (χ0n) is 13.3. The van der Waals surface area contributed by atoms with Crippen molar-refractivity contribution in [2.45, 2.75) is 26.4 Å². The molecule has 0 atom stereocenters. The maximum absolute atomic E-state index is 6.21. The Hall–Kier alpha value is -1.59. The topological polar surface area (TPSA) is 50.5 Å². The van der Waals surface area contributed by atoms with E-state index in [0.717, 1.165) is 32.0 Å². The molecule has 0 radical (unpaired) electrons. The minimum atomic E-state index is 0.337. The van der Waals surface area contributed by atoms with E-state index in [4.69, 9.17) is 22.1 Å². The second kappa shape index (κ2) is 7.11. The van der Waals surface area contributed by atoms with Crippen LogP contribution in [0.15, 0.2) is 24.3 Å². The van der Waals surface area contributed by atoms with Gasteiger partial charge in [0.1, 0.15) is 5.75 Å². The van der Waals surface area contributed by atoms with E-state index in [1.165, 1.54) is 11.3 Å². The summed E-state index contributed by atoms with van der Waals surface area (Å²) >= 11 is 7.49. The summed E-state index contributed by atoms with van der Waals surface area (Å²) < 4.78 is 6.28. The second-order valence-corrected chi connectivity index (χ2v) is 7.06. The summed E-state index contributed by atoms with van der Waals surface area (Å²) in [6, 6.07) is 7.98. The molecular formula is C16H22ClN3OS. The SMILES string of the molecule is COc1ccc(N)c(N(C)C(C)C)c1CNc1ccc(Cl)s1. The van der Waals surface area contributed by atoms with Gasteiger partial charge in [-0.1, -0.05) is 11.6 Å². The van der Waals surface area contributed by atoms with Gasteiger partial charge in [0.05, 0.1) is 27.8 Å². The number of thiophene rings is 1. The van der Waals surface area contributed by atoms with Crippen LogP contribution in [0.5, 0.6) is 5.75 Å². The highest BCUT2D eigenvalue weighted by Gasteiger charge is 2.18. The smallest absolute Gasteiger partial charge is 0.126 e. The van der Waals surface area contributed by atoms with Gasteiger partial charge in [0.25, 0.3) is 0 Å². The number of hydrogen-bond acceptors (Lipinski definition) is 5. The van der Waals surface area contributed by atoms with Crippen LogP contribution in [0.2, 0.25) is 4.34 Å². The third-order valence-corrected chi connectivity index (χ3v) is 4.82. The molecule has 0 aliphatic rings. The lowest BCUT2D eigenvalue weighted by molar-refractivity contribution is 0.410. The van der Waals surface area contributed by atoms with Crippen LogP contribution in [0, 0.1) is 0 Å². The summed E-state index contributed by atoms with van der Waals surface area (Å²) in [5.74, 6) is 0.826. The van der Waals surface area contributed by atoms with E-state index in [1.54, 1.807) is 7.11 Å². The van der Waals surface area contributed by atoms with Crippen LogP contribution in [0.3, 0.4) is 0 Å². The van der Waals surface area contributed by atoms with Crippen molar-refractivity contribution in [1.82, 2.24) is 0 Å². The average molecular weight is 340 g/mol. The van der Waals surface area contributed by atoms with Gasteiger partial charge in [0, 0.05) is 25.2 Å². The zero-order chi connectivity index (χ0) is 16.3. The summed E-state index contributed by atoms with van der Waals surface area (Å²) in [6.45, 7) is 4.89. The van der Waals surface area contributed by atoms with Gasteiger partial charge < -0.3 is 20.7 Å². The van der Waals surface area contributed by atoms with Crippen LogP contribution < -0.4 is 20.7 Å². The number of nitrogens with zero attached hydrogens (tertiary/aromatic N) is 1. The molecule has 0 unspecified atom stereocenters. The van der Waals surface area contributed by atoms with Gasteiger partial charge in [-0.3, -0.25) is 0 Å². The highest BCUT2D eigenvalue weighted by atomic mass is 35.5. The molecule has 0 saturated carbocycles. The summed E-state index contributed by atoms with van der Waals surface area (Å²) in [7, 11) is 3.72. The minimum absolute atomic E-state index is 0.337. The monoisotopic (exact) mass is 339 g/mol. The van der Waals surface area contributed by atoms with E-state index in [2.05, 4.69) is 24.1 Å². The van der Waals surface area contributed by atoms with E-state index in [1.807, 2.05) is 31.3 Å². The third-order valence-electron chi connectivity index (χ3n) is 3.63. The summed E-state index contributed by atoms with van der Waals surface area (Å²) in [6.07, 6.45) is 0. The molecule has 0 amide bonds. The van der Waals surface area contributed by atoms with Gasteiger partial charge in [-0.15, -0.1) is 11.3 Å². The summed E-state index contributed by atoms with van der Waals surface area (Å²) in [4.78, 5) is 2.16. The first-order valence-electron chi connectivity index (χ1n) is 7.11. The van der Waals surface area contributed by atoms with Crippen LogP contribution in [-0.4, -0.2) is 20.2 Å². The molecule has 0 fully saturated rings. The van der Waals surface area contributed by atoms with Crippen molar-refractivity contribution in [2.75, 3.05) is 30.1 Å². The largest absolute Gasteiger partial charge is 0.496 e. The van der Waals surface area contributed by atoms with Crippen LogP contribution in [0.1, 0.15) is 19.4 Å². The van der Waals surface area contributed by atoms with Gasteiger partial charge in [-0.05, 0) is 38.1 Å². The fourth-order valence-electron chi connectivity index (χ4n) is 2.26. The maximum atomic E-state index is 6.21. The van der Waals surface area contributed by atoms with Crippen LogP contribution in [-0.2, 0) is 6.54 Å². The zero-order valence-corrected chi connectivity index (χ0v) is 14.9. The molecule has 6 heteroatoms. The van der Waals surface area contributed by atoms with Crippen LogP contribution in [0.4, 0.5) is 16.4 Å². The lowest BCUT2D eigenvalue weighted by Crippen LogP contribution is -2.28. The Labute approximate surface area is 140 Å². The van der Waals surface area contributed by atoms with E-state index >= 15 is 0 Å². The van der Waals surface area contributed by atoms with Gasteiger partial charge in [0.15, 0.2) is 0 Å². The molecule has 3 N–H and O–H groups in total. The number of halogens is 1. The van der Waals surface area contributed by atoms with Crippen molar-refractivity contribution >= 4 is 39.3 Å². The molecule has 0 aliphatic carbocycles. The number of nitrogens with one attached hydrogen (secondary N) is 1. The summed E-state index contributed by atoms with van der Waals surface area (Å²) in [5, 5.41) is 4.41. The lowest BCUT2D eigenvalue weighted by Gasteiger charge is -2.29. The third kappa shape index (κ3) is 3.59. The van der Waals surface area contributed by atoms with Gasteiger partial charge in [-0.2, -0.15) is 0 Å². The Kier molecular flexibility index (Phi) is 5.42. The molecule has 22 heavy (non-hydrogen) atoms. The molecule has 1 aromatic carbocycles. The first-order valence-corrected chi connectivity index (χ1v) is 8.30. The quantitative estimate of drug-likeness (QED) is 0.763. The van der Waals surface area contributed by atoms with Crippen molar-refractivity contribution < 1.29 is 4.74 Å². The molecule has 0 saturated heterocycles. The van der Waals surface area contributed by atoms with Crippen LogP contribution in [0.25, 0.3) is 0 Å². The van der Waals surface area contributed by atoms with Crippen LogP contribution >= 0.6 is 22.9 Å². The van der Waals surface area contributed by atoms with E-state index in [9.17, 15) is 0 Å². The molecule has 120 valence electrons. The number of methoxy groups -OCH3 is 1. The summed E-state index contributed by atoms with van der Waals surface area (Å²) in [5.41, 5.74) is 9.01. The molecule has 2 aromatic rings. The Morgan fingerprint density at radius 2 is 2.05 bits per heavy atom. The lowest BCUT2D eigenvalue weighted by atomic mass is 10.1. The number of nitrogens with two attached hydrogens (primary N) is 1. The molecular weight excluding hydrogens is 318 g/mol. The fourth-order valence-corrected chi connectivity index (χ4v) is 3.20. The maximum Gasteiger partial charge on any atom is 0.126 e. The van der Waals surface area contributed by atoms with Gasteiger partial charge in [-0.25, -0.2) is 0 Å². The number of hydrogen-bond donors (Lipinski definition) is 2. The first-order chi connectivity index (χ1) is 10.4. The Morgan fingerprint density at radius 3 is 2.59 bits per heavy atom. The highest BCUT2D eigenvalue weighted by molar-refractivity contribution is 7.19. The molecule has 0 spiro atoms. The van der Waals surface area contributed by atoms with Crippen molar-refractivity contribution in [3.05, 3.63) is 34.2 Å². The second-order valence-electron chi connectivity index (χ2n) is 5.35. The standard InChI is InChI=1S/C16H22ClN3OS/c1-10(2)20(3)16-11(13(21-4)6-5-12(16)18)9-19-15-8-7-14(17)22-15/h5-8,10,19H,9,18H2,1-4H3. The van der Waals surface area contributed by atoms with Gasteiger partial charge in [0.2, 0.25) is 0 Å². The predicted octanol–water partition coefficient (Wildman–Crippen LogP) is 4.45. The number of ether oxygens (including phenoxy) is 1. The average Bonchev–Trinajstić information content (AvgIpc) is 2.90. The van der Waals surface area contributed by atoms with E-state index in [-0.39, 0.29) is 0 Å². The van der Waals surface area contributed by atoms with E-state index < -0.39 is 0 Å². The molecule has 4 nitrogen and oxygen atoms in total. The molecule has 2 rings (SSSR count). The van der Waals surface area contributed by atoms with E-state index in [0.29, 0.717) is 12.6 Å². The number of rotatable bonds is 6. The van der Waals surface area contributed by atoms with Gasteiger partial charge >= 0.3 is 0 Å². The fraction of sp³-hybridized carbons (Fsp3) is 0.375. The molecule has 1 heterocycles. The number of nitrogen functional groups attached to an aromatic ring is 1. The number of anilines is 3. The predicted molar refractivity (Wildman–Crippen MR) is 97.6 cm³/mol. The Bertz CT molecular complexity index is 642. The number of benzene rings is 1. The molecule has 0 aliphatic heterocycles. The van der Waals surface area contributed by atoms with Crippen molar-refractivity contribution in [2.24, 2.45) is 0 Å². The minimum Gasteiger partial charge on any atom is -0.496 e. The van der Waals surface area contributed by atoms with Crippen molar-refractivity contribution in [3.8, 4) is 5.75 Å². The normalized spacial score (nSPS) is 10.8. The Morgan fingerprint density at radius 1 is 1.32 bits per heavy atom. The first kappa shape index (κ1) is 16.8. The Balaban J connectivity index is 2.36. The van der Waals surface area contributed by atoms with Crippen molar-refractivity contribution in [1.29, 1.82) is 0 Å². The highest BCUT2D eigenvalue weighted by Crippen LogP contribution is 2.36.